The van der Waals surface area contributed by atoms with Crippen LogP contribution in [0.4, 0.5) is 22.7 Å². The smallest absolute Gasteiger partial charge is 0.244 e. The molecule has 0 N–H and O–H groups in total. The molecular weight excluding hydrogens is 545 g/mol. The molecule has 0 atom stereocenters. The van der Waals surface area contributed by atoms with Gasteiger partial charge in [-0.05, 0) is 55.5 Å². The fourth-order valence-electron chi connectivity index (χ4n) is 3.56. The first-order valence-corrected chi connectivity index (χ1v) is 14.3. The minimum absolute atomic E-state index is 0.0255. The Hall–Kier alpha value is -2.69. The molecule has 0 heterocycles. The molecule has 0 saturated heterocycles. The van der Waals surface area contributed by atoms with Gasteiger partial charge in [-0.3, -0.25) is 4.48 Å². The summed E-state index contributed by atoms with van der Waals surface area (Å²) in [6.07, 6.45) is 0. The van der Waals surface area contributed by atoms with Crippen molar-refractivity contribution in [1.29, 1.82) is 0 Å². The van der Waals surface area contributed by atoms with Crippen molar-refractivity contribution in [1.82, 2.24) is 8.79 Å². The molecule has 0 fully saturated rings. The molecule has 0 aliphatic carbocycles. The zero-order valence-corrected chi connectivity index (χ0v) is 24.8. The third-order valence-corrected chi connectivity index (χ3v) is 8.45. The van der Waals surface area contributed by atoms with Gasteiger partial charge in [0.1, 0.15) is 28.6 Å². The number of quaternary nitrogens is 1. The average molecular weight is 580 g/mol. The predicted octanol–water partition coefficient (Wildman–Crippen LogP) is 6.76. The van der Waals surface area contributed by atoms with E-state index in [-0.39, 0.29) is 20.6 Å². The van der Waals surface area contributed by atoms with E-state index in [1.807, 2.05) is 36.4 Å². The fourth-order valence-corrected chi connectivity index (χ4v) is 5.25. The minimum Gasteiger partial charge on any atom is -0.492 e. The van der Waals surface area contributed by atoms with Crippen molar-refractivity contribution < 1.29 is 13.2 Å². The maximum absolute atomic E-state index is 12.4. The Labute approximate surface area is 235 Å². The van der Waals surface area contributed by atoms with Crippen LogP contribution >= 0.6 is 23.2 Å². The van der Waals surface area contributed by atoms with Gasteiger partial charge in [-0.15, -0.1) is 5.11 Å². The summed E-state index contributed by atoms with van der Waals surface area (Å²) in [7, 11) is 5.51. The first kappa shape index (κ1) is 29.9. The van der Waals surface area contributed by atoms with E-state index in [1.54, 1.807) is 0 Å². The standard InChI is InChI=1S/C27H34Cl2N5O3S/c1-7-33(16-17-37-23-14-12-22(13-15-23)34(4,5)6)21-10-8-20(9-11-21)30-31-26-18-25(29)27(19-24(26)28)38(35,36)32(2)3/h8-15,18-19H,7,16-17H2,1-6H3/q+1. The van der Waals surface area contributed by atoms with Gasteiger partial charge >= 0.3 is 0 Å². The van der Waals surface area contributed by atoms with Gasteiger partial charge in [0.25, 0.3) is 0 Å². The van der Waals surface area contributed by atoms with Crippen LogP contribution in [-0.2, 0) is 10.0 Å². The quantitative estimate of drug-likeness (QED) is 0.186. The second-order valence-electron chi connectivity index (χ2n) is 9.67. The number of rotatable bonds is 11. The van der Waals surface area contributed by atoms with Crippen LogP contribution in [0, 0.1) is 0 Å². The number of halogens is 2. The van der Waals surface area contributed by atoms with E-state index in [1.165, 1.54) is 31.9 Å². The molecule has 0 bridgehead atoms. The summed E-state index contributed by atoms with van der Waals surface area (Å²) in [6, 6.07) is 18.5. The van der Waals surface area contributed by atoms with E-state index in [4.69, 9.17) is 27.9 Å². The Morgan fingerprint density at radius 3 is 2.08 bits per heavy atom. The number of hydrogen-bond donors (Lipinski definition) is 0. The highest BCUT2D eigenvalue weighted by Gasteiger charge is 2.22. The summed E-state index contributed by atoms with van der Waals surface area (Å²) >= 11 is 12.5. The van der Waals surface area contributed by atoms with E-state index >= 15 is 0 Å². The zero-order chi connectivity index (χ0) is 28.1. The Bertz CT molecular complexity index is 1370. The van der Waals surface area contributed by atoms with Crippen molar-refractivity contribution in [3.8, 4) is 5.75 Å². The predicted molar refractivity (Wildman–Crippen MR) is 157 cm³/mol. The fraction of sp³-hybridized carbons (Fsp3) is 0.333. The number of sulfonamides is 1. The molecule has 0 aliphatic rings. The lowest BCUT2D eigenvalue weighted by atomic mass is 10.2. The Kier molecular flexibility index (Phi) is 9.78. The van der Waals surface area contributed by atoms with Crippen LogP contribution in [0.15, 0.2) is 75.8 Å². The number of anilines is 1. The lowest BCUT2D eigenvalue weighted by Gasteiger charge is -2.24. The van der Waals surface area contributed by atoms with Crippen molar-refractivity contribution >= 4 is 56.0 Å². The van der Waals surface area contributed by atoms with Crippen molar-refractivity contribution in [3.63, 3.8) is 0 Å². The normalized spacial score (nSPS) is 12.3. The van der Waals surface area contributed by atoms with Crippen molar-refractivity contribution in [3.05, 3.63) is 70.7 Å². The second-order valence-corrected chi connectivity index (χ2v) is 12.6. The van der Waals surface area contributed by atoms with E-state index in [0.717, 1.165) is 33.3 Å². The highest BCUT2D eigenvalue weighted by atomic mass is 35.5. The number of benzene rings is 3. The first-order chi connectivity index (χ1) is 17.8. The largest absolute Gasteiger partial charge is 0.492 e. The molecule has 0 saturated carbocycles. The van der Waals surface area contributed by atoms with Crippen LogP contribution in [0.2, 0.25) is 10.0 Å². The molecule has 0 unspecified atom stereocenters. The molecule has 0 amide bonds. The summed E-state index contributed by atoms with van der Waals surface area (Å²) in [5.41, 5.74) is 3.15. The summed E-state index contributed by atoms with van der Waals surface area (Å²) in [5, 5.41) is 8.57. The molecule has 38 heavy (non-hydrogen) atoms. The molecule has 0 spiro atoms. The lowest BCUT2D eigenvalue weighted by molar-refractivity contribution is 0.324. The number of hydrogen-bond acceptors (Lipinski definition) is 6. The minimum atomic E-state index is -3.73. The maximum Gasteiger partial charge on any atom is 0.244 e. The van der Waals surface area contributed by atoms with Crippen LogP contribution in [-0.4, -0.2) is 67.7 Å². The van der Waals surface area contributed by atoms with E-state index in [0.29, 0.717) is 12.3 Å². The van der Waals surface area contributed by atoms with Gasteiger partial charge in [-0.25, -0.2) is 12.7 Å². The van der Waals surface area contributed by atoms with Gasteiger partial charge in [0, 0.05) is 38.5 Å². The van der Waals surface area contributed by atoms with Crippen LogP contribution in [0.5, 0.6) is 5.75 Å². The summed E-state index contributed by atoms with van der Waals surface area (Å²) < 4.78 is 32.6. The SMILES string of the molecule is CCN(CCOc1ccc([N+](C)(C)C)cc1)c1ccc(N=Nc2cc(Cl)c(S(=O)(=O)N(C)C)cc2Cl)cc1. The Morgan fingerprint density at radius 2 is 1.53 bits per heavy atom. The first-order valence-electron chi connectivity index (χ1n) is 12.1. The molecule has 0 radical (unpaired) electrons. The molecule has 0 aromatic heterocycles. The summed E-state index contributed by atoms with van der Waals surface area (Å²) in [4.78, 5) is 2.13. The average Bonchev–Trinajstić information content (AvgIpc) is 2.87. The van der Waals surface area contributed by atoms with E-state index < -0.39 is 10.0 Å². The maximum atomic E-state index is 12.4. The molecule has 3 aromatic carbocycles. The number of azo groups is 1. The van der Waals surface area contributed by atoms with Crippen LogP contribution in [0.25, 0.3) is 0 Å². The Balaban J connectivity index is 1.63. The number of ether oxygens (including phenoxy) is 1. The number of nitrogens with zero attached hydrogens (tertiary/aromatic N) is 5. The molecule has 0 aliphatic heterocycles. The van der Waals surface area contributed by atoms with Gasteiger partial charge < -0.3 is 9.64 Å². The second kappa shape index (κ2) is 12.4. The highest BCUT2D eigenvalue weighted by molar-refractivity contribution is 7.89. The summed E-state index contributed by atoms with van der Waals surface area (Å²) in [5.74, 6) is 0.847. The van der Waals surface area contributed by atoms with E-state index in [2.05, 4.69) is 55.3 Å². The molecule has 204 valence electrons. The summed E-state index contributed by atoms with van der Waals surface area (Å²) in [6.45, 7) is 4.19. The third-order valence-electron chi connectivity index (χ3n) is 5.87. The molecule has 3 rings (SSSR count). The van der Waals surface area contributed by atoms with E-state index in [9.17, 15) is 8.42 Å². The molecule has 11 heteroatoms. The zero-order valence-electron chi connectivity index (χ0n) is 22.5. The topological polar surface area (TPSA) is 74.6 Å². The van der Waals surface area contributed by atoms with Gasteiger partial charge in [0.05, 0.1) is 43.4 Å². The van der Waals surface area contributed by atoms with Gasteiger partial charge in [0.2, 0.25) is 10.0 Å². The molecule has 3 aromatic rings. The van der Waals surface area contributed by atoms with Gasteiger partial charge in [-0.2, -0.15) is 5.11 Å². The van der Waals surface area contributed by atoms with Crippen molar-refractivity contribution in [2.45, 2.75) is 11.8 Å². The monoisotopic (exact) mass is 578 g/mol. The Morgan fingerprint density at radius 1 is 0.895 bits per heavy atom. The van der Waals surface area contributed by atoms with Crippen molar-refractivity contribution in [2.75, 3.05) is 59.8 Å². The third kappa shape index (κ3) is 7.45. The molecular formula is C27H34Cl2N5O3S+. The van der Waals surface area contributed by atoms with Crippen molar-refractivity contribution in [2.24, 2.45) is 10.2 Å². The molecule has 8 nitrogen and oxygen atoms in total. The van der Waals surface area contributed by atoms with Crippen LogP contribution in [0.3, 0.4) is 0 Å². The van der Waals surface area contributed by atoms with Crippen LogP contribution in [0.1, 0.15) is 6.92 Å². The van der Waals surface area contributed by atoms with Gasteiger partial charge in [0.15, 0.2) is 0 Å². The number of likely N-dealkylation sites (N-methyl/N-ethyl adjacent to an activating group) is 1. The van der Waals surface area contributed by atoms with Crippen LogP contribution < -0.4 is 14.1 Å². The lowest BCUT2D eigenvalue weighted by Crippen LogP contribution is -2.34. The highest BCUT2D eigenvalue weighted by Crippen LogP contribution is 2.35. The van der Waals surface area contributed by atoms with Gasteiger partial charge in [-0.1, -0.05) is 23.2 Å².